The van der Waals surface area contributed by atoms with E-state index in [1.54, 1.807) is 0 Å². The molecule has 12 heteroatoms. The number of rotatable bonds is 8. The molecule has 3 saturated heterocycles. The summed E-state index contributed by atoms with van der Waals surface area (Å²) in [5.41, 5.74) is 12.7. The lowest BCUT2D eigenvalue weighted by Gasteiger charge is -2.32. The second-order valence-corrected chi connectivity index (χ2v) is 28.2. The summed E-state index contributed by atoms with van der Waals surface area (Å²) in [6.07, 6.45) is 3.78. The Kier molecular flexibility index (Phi) is 17.7. The average molecular weight is 1290 g/mol. The first kappa shape index (κ1) is 65.1. The first-order valence-electron chi connectivity index (χ1n) is 31.8. The molecule has 2 aromatic heterocycles. The van der Waals surface area contributed by atoms with Gasteiger partial charge >= 0.3 is 21.1 Å². The van der Waals surface area contributed by atoms with Crippen molar-refractivity contribution in [2.75, 3.05) is 0 Å². The highest BCUT2D eigenvalue weighted by atomic mass is 79.9. The Morgan fingerprint density at radius 3 is 0.914 bits per heavy atom. The van der Waals surface area contributed by atoms with Crippen molar-refractivity contribution in [3.63, 3.8) is 0 Å². The Balaban J connectivity index is 0.000000143. The minimum atomic E-state index is -0.476. The number of halogens is 1. The molecule has 0 unspecified atom stereocenters. The molecule has 10 aromatic carbocycles. The predicted octanol–water partition coefficient (Wildman–Crippen LogP) is 20.7. The van der Waals surface area contributed by atoms with Crippen LogP contribution in [0, 0.1) is 0 Å². The van der Waals surface area contributed by atoms with E-state index >= 15 is 0 Å². The molecule has 466 valence electrons. The largest absolute Gasteiger partial charge is 0.496 e. The second-order valence-electron chi connectivity index (χ2n) is 27.3. The normalized spacial score (nSPS) is 17.2. The van der Waals surface area contributed by atoms with Crippen LogP contribution in [0.2, 0.25) is 0 Å². The van der Waals surface area contributed by atoms with E-state index in [4.69, 9.17) is 37.9 Å². The van der Waals surface area contributed by atoms with Crippen LogP contribution < -0.4 is 5.46 Å². The molecule has 3 aliphatic heterocycles. The van der Waals surface area contributed by atoms with E-state index in [0.717, 1.165) is 26.9 Å². The SMILES string of the molecule is Brc1ccc(-c2c3ccccc3c(-c3ccccc3)c3cc(-c4ccccc4)ccc23)nc1.C.CC1(C)OB(B2OC(C)(C)C(C)(C)O2)OC1(C)C.CC1(C)OB(c2ccc(-c3c4ccccc4c(-c4ccccc4)c4cc(-c5ccccc5)ccc34)nc2)OC1(C)C. The Morgan fingerprint density at radius 1 is 0.280 bits per heavy atom. The van der Waals surface area contributed by atoms with Crippen molar-refractivity contribution >= 4 is 85.6 Å². The molecule has 3 aliphatic rings. The summed E-state index contributed by atoms with van der Waals surface area (Å²) < 4.78 is 37.4. The molecule has 0 spiro atoms. The maximum Gasteiger partial charge on any atom is 0.496 e. The van der Waals surface area contributed by atoms with Gasteiger partial charge in [-0.15, -0.1) is 0 Å². The van der Waals surface area contributed by atoms with Gasteiger partial charge in [-0.05, 0) is 217 Å². The highest BCUT2D eigenvalue weighted by Gasteiger charge is 2.64. The Labute approximate surface area is 558 Å². The fourth-order valence-electron chi connectivity index (χ4n) is 12.6. The van der Waals surface area contributed by atoms with Gasteiger partial charge in [0, 0.05) is 33.5 Å². The number of hydrogen-bond donors (Lipinski definition) is 0. The molecule has 93 heavy (non-hydrogen) atoms. The van der Waals surface area contributed by atoms with Crippen molar-refractivity contribution in [1.82, 2.24) is 9.97 Å². The summed E-state index contributed by atoms with van der Waals surface area (Å²) in [7, 11) is -1.39. The van der Waals surface area contributed by atoms with Gasteiger partial charge in [0.25, 0.3) is 0 Å². The summed E-state index contributed by atoms with van der Waals surface area (Å²) >= 11 is 3.53. The zero-order valence-electron chi connectivity index (χ0n) is 54.5. The minimum absolute atomic E-state index is 0. The van der Waals surface area contributed by atoms with E-state index in [0.29, 0.717) is 0 Å². The van der Waals surface area contributed by atoms with Gasteiger partial charge in [0.05, 0.1) is 45.0 Å². The summed E-state index contributed by atoms with van der Waals surface area (Å²) in [5.74, 6) is 0. The summed E-state index contributed by atoms with van der Waals surface area (Å²) in [6.45, 7) is 24.5. The van der Waals surface area contributed by atoms with Crippen molar-refractivity contribution in [3.8, 4) is 67.0 Å². The Morgan fingerprint density at radius 2 is 0.581 bits per heavy atom. The van der Waals surface area contributed by atoms with Crippen LogP contribution in [0.5, 0.6) is 0 Å². The number of pyridine rings is 2. The van der Waals surface area contributed by atoms with Crippen LogP contribution in [-0.2, 0) is 27.9 Å². The zero-order valence-corrected chi connectivity index (χ0v) is 56.1. The summed E-state index contributed by atoms with van der Waals surface area (Å²) in [5, 5.41) is 9.68. The molecule has 12 aromatic rings. The fourth-order valence-corrected chi connectivity index (χ4v) is 12.8. The van der Waals surface area contributed by atoms with Gasteiger partial charge < -0.3 is 27.9 Å². The van der Waals surface area contributed by atoms with Gasteiger partial charge in [0.1, 0.15) is 0 Å². The van der Waals surface area contributed by atoms with Crippen LogP contribution in [-0.4, -0.2) is 64.7 Å². The molecule has 0 amide bonds. The minimum Gasteiger partial charge on any atom is -0.405 e. The number of hydrogen-bond acceptors (Lipinski definition) is 8. The fraction of sp³-hybridized carbons (Fsp3) is 0.235. The first-order chi connectivity index (χ1) is 44.0. The van der Waals surface area contributed by atoms with Gasteiger partial charge in [0.2, 0.25) is 0 Å². The highest BCUT2D eigenvalue weighted by Crippen LogP contribution is 2.48. The van der Waals surface area contributed by atoms with Crippen LogP contribution in [0.3, 0.4) is 0 Å². The number of aromatic nitrogens is 2. The van der Waals surface area contributed by atoms with Gasteiger partial charge in [-0.1, -0.05) is 208 Å². The molecule has 15 rings (SSSR count). The molecule has 0 saturated carbocycles. The number of fused-ring (bicyclic) bond motifs is 4. The van der Waals surface area contributed by atoms with Crippen molar-refractivity contribution < 1.29 is 27.9 Å². The van der Waals surface area contributed by atoms with Gasteiger partial charge in [-0.2, -0.15) is 0 Å². The third-order valence-corrected chi connectivity index (χ3v) is 20.2. The topological polar surface area (TPSA) is 81.2 Å². The molecule has 0 radical (unpaired) electrons. The number of benzene rings is 10. The summed E-state index contributed by atoms with van der Waals surface area (Å²) in [4.78, 5) is 9.80. The lowest BCUT2D eigenvalue weighted by atomic mass is 9.49. The molecular formula is C81H80B3BrN2O6. The Bertz CT molecular complexity index is 4580. The van der Waals surface area contributed by atoms with Crippen LogP contribution in [0.1, 0.15) is 90.5 Å². The summed E-state index contributed by atoms with van der Waals surface area (Å²) in [6, 6.07) is 81.9. The molecule has 0 aliphatic carbocycles. The zero-order chi connectivity index (χ0) is 64.4. The molecule has 5 heterocycles. The van der Waals surface area contributed by atoms with Crippen LogP contribution in [0.25, 0.3) is 110 Å². The lowest BCUT2D eigenvalue weighted by molar-refractivity contribution is 0.00578. The van der Waals surface area contributed by atoms with E-state index < -0.39 is 32.3 Å². The first-order valence-corrected chi connectivity index (χ1v) is 32.6. The average Bonchev–Trinajstić information content (AvgIpc) is 1.73. The lowest BCUT2D eigenvalue weighted by Crippen LogP contribution is -2.41. The molecular weight excluding hydrogens is 1210 g/mol. The number of nitrogens with zero attached hydrogens (tertiary/aromatic N) is 2. The van der Waals surface area contributed by atoms with E-state index in [2.05, 4.69) is 274 Å². The maximum absolute atomic E-state index is 6.29. The van der Waals surface area contributed by atoms with Gasteiger partial charge in [-0.25, -0.2) is 0 Å². The Hall–Kier alpha value is -8.03. The molecule has 0 atom stereocenters. The molecule has 3 fully saturated rings. The standard InChI is InChI=1S/C37H32BNO2.C31H20BrN.C12H24B2O4.CH4/c1-36(2)37(3,4)41-38(40-36)28-20-22-33(39-24-28)35-30-18-12-11-17-29(30)34(26-15-9-6-10-16-26)32-23-27(19-21-31(32)35)25-13-7-5-8-14-25;32-24-16-18-29(33-20-24)31-26-14-8-7-13-25(26)30(22-11-5-2-6-12-22)28-19-23(15-17-27(28)31)21-9-3-1-4-10-21;1-9(2)10(3,4)16-13(15-9)14-17-11(5,6)12(7,8)18-14;/h5-24H,1-4H3;1-20H;1-8H3;1H4. The second kappa shape index (κ2) is 25.4. The maximum atomic E-state index is 6.29. The highest BCUT2D eigenvalue weighted by molar-refractivity contribution is 9.10. The van der Waals surface area contributed by atoms with Crippen LogP contribution in [0.4, 0.5) is 0 Å². The smallest absolute Gasteiger partial charge is 0.405 e. The monoisotopic (exact) mass is 1290 g/mol. The third-order valence-electron chi connectivity index (χ3n) is 19.7. The molecule has 0 N–H and O–H groups in total. The van der Waals surface area contributed by atoms with Crippen molar-refractivity contribution in [3.05, 3.63) is 247 Å². The van der Waals surface area contributed by atoms with Crippen molar-refractivity contribution in [2.24, 2.45) is 0 Å². The van der Waals surface area contributed by atoms with Crippen LogP contribution in [0.15, 0.2) is 247 Å². The third kappa shape index (κ3) is 12.4. The van der Waals surface area contributed by atoms with Gasteiger partial charge in [-0.3, -0.25) is 9.97 Å². The quantitative estimate of drug-likeness (QED) is 0.110. The van der Waals surface area contributed by atoms with E-state index in [1.165, 1.54) is 93.2 Å². The van der Waals surface area contributed by atoms with E-state index in [1.807, 2.05) is 67.8 Å². The predicted molar refractivity (Wildman–Crippen MR) is 393 cm³/mol. The molecule has 8 nitrogen and oxygen atoms in total. The van der Waals surface area contributed by atoms with Crippen LogP contribution >= 0.6 is 15.9 Å². The van der Waals surface area contributed by atoms with Crippen molar-refractivity contribution in [1.29, 1.82) is 0 Å². The van der Waals surface area contributed by atoms with E-state index in [9.17, 15) is 0 Å². The van der Waals surface area contributed by atoms with Crippen molar-refractivity contribution in [2.45, 2.75) is 124 Å². The van der Waals surface area contributed by atoms with Gasteiger partial charge in [0.15, 0.2) is 0 Å². The molecule has 0 bridgehead atoms. The van der Waals surface area contributed by atoms with E-state index in [-0.39, 0.29) is 29.8 Å².